The Morgan fingerprint density at radius 3 is 2.43 bits per heavy atom. The van der Waals surface area contributed by atoms with Gasteiger partial charge in [0, 0.05) is 0 Å². The molecule has 0 aliphatic carbocycles. The SMILES string of the molecule is CC(C)CC1(C)NC(=O)N(Cc2ccc(C#N)cc2)C1=O. The van der Waals surface area contributed by atoms with Crippen LogP contribution in [0.25, 0.3) is 0 Å². The number of urea groups is 1. The van der Waals surface area contributed by atoms with Crippen molar-refractivity contribution >= 4 is 11.9 Å². The minimum absolute atomic E-state index is 0.189. The van der Waals surface area contributed by atoms with Crippen molar-refractivity contribution in [3.63, 3.8) is 0 Å². The predicted molar refractivity (Wildman–Crippen MR) is 78.1 cm³/mol. The zero-order chi connectivity index (χ0) is 15.6. The average molecular weight is 285 g/mol. The van der Waals surface area contributed by atoms with Crippen LogP contribution >= 0.6 is 0 Å². The molecular weight excluding hydrogens is 266 g/mol. The first-order valence-electron chi connectivity index (χ1n) is 6.99. The molecule has 1 fully saturated rings. The van der Waals surface area contributed by atoms with E-state index in [1.807, 2.05) is 19.9 Å². The first-order chi connectivity index (χ1) is 9.85. The van der Waals surface area contributed by atoms with Crippen molar-refractivity contribution in [3.05, 3.63) is 35.4 Å². The summed E-state index contributed by atoms with van der Waals surface area (Å²) in [5, 5.41) is 11.6. The van der Waals surface area contributed by atoms with Gasteiger partial charge in [-0.05, 0) is 37.0 Å². The number of amides is 3. The molecule has 1 aliphatic heterocycles. The largest absolute Gasteiger partial charge is 0.325 e. The second kappa shape index (κ2) is 5.57. The minimum Gasteiger partial charge on any atom is -0.323 e. The lowest BCUT2D eigenvalue weighted by Crippen LogP contribution is -2.44. The maximum Gasteiger partial charge on any atom is 0.325 e. The normalized spacial score (nSPS) is 21.6. The molecule has 1 aliphatic rings. The van der Waals surface area contributed by atoms with E-state index < -0.39 is 5.54 Å². The molecule has 110 valence electrons. The van der Waals surface area contributed by atoms with Crippen molar-refractivity contribution in [2.45, 2.75) is 39.3 Å². The van der Waals surface area contributed by atoms with Crippen molar-refractivity contribution in [2.24, 2.45) is 5.92 Å². The molecule has 1 aromatic carbocycles. The smallest absolute Gasteiger partial charge is 0.323 e. The van der Waals surface area contributed by atoms with Crippen molar-refractivity contribution in [1.29, 1.82) is 5.26 Å². The molecule has 21 heavy (non-hydrogen) atoms. The Morgan fingerprint density at radius 2 is 1.90 bits per heavy atom. The van der Waals surface area contributed by atoms with Gasteiger partial charge >= 0.3 is 6.03 Å². The standard InChI is InChI=1S/C16H19N3O2/c1-11(2)8-16(3)14(20)19(15(21)18-16)10-13-6-4-12(9-17)5-7-13/h4-7,11H,8,10H2,1-3H3,(H,18,21). The monoisotopic (exact) mass is 285 g/mol. The van der Waals surface area contributed by atoms with Gasteiger partial charge in [0.05, 0.1) is 18.2 Å². The fourth-order valence-corrected chi connectivity index (χ4v) is 2.71. The van der Waals surface area contributed by atoms with E-state index in [0.29, 0.717) is 17.9 Å². The molecular formula is C16H19N3O2. The van der Waals surface area contributed by atoms with Gasteiger partial charge in [-0.15, -0.1) is 0 Å². The van der Waals surface area contributed by atoms with Crippen molar-refractivity contribution in [2.75, 3.05) is 0 Å². The molecule has 1 heterocycles. The van der Waals surface area contributed by atoms with Gasteiger partial charge < -0.3 is 5.32 Å². The number of hydrogen-bond acceptors (Lipinski definition) is 3. The van der Waals surface area contributed by atoms with Crippen LogP contribution in [0, 0.1) is 17.2 Å². The summed E-state index contributed by atoms with van der Waals surface area (Å²) in [6.45, 7) is 6.04. The third-order valence-electron chi connectivity index (χ3n) is 3.59. The van der Waals surface area contributed by atoms with Crippen molar-refractivity contribution < 1.29 is 9.59 Å². The summed E-state index contributed by atoms with van der Waals surface area (Å²) in [7, 11) is 0. The van der Waals surface area contributed by atoms with Gasteiger partial charge in [0.1, 0.15) is 5.54 Å². The predicted octanol–water partition coefficient (Wildman–Crippen LogP) is 2.41. The summed E-state index contributed by atoms with van der Waals surface area (Å²) < 4.78 is 0. The molecule has 1 aromatic rings. The first kappa shape index (κ1) is 15.0. The Kier molecular flexibility index (Phi) is 3.99. The van der Waals surface area contributed by atoms with Crippen molar-refractivity contribution in [1.82, 2.24) is 10.2 Å². The zero-order valence-electron chi connectivity index (χ0n) is 12.5. The Bertz CT molecular complexity index is 601. The molecule has 3 amide bonds. The zero-order valence-corrected chi connectivity index (χ0v) is 12.5. The summed E-state index contributed by atoms with van der Waals surface area (Å²) >= 11 is 0. The number of nitrogens with zero attached hydrogens (tertiary/aromatic N) is 2. The van der Waals surface area contributed by atoms with E-state index in [0.717, 1.165) is 5.56 Å². The van der Waals surface area contributed by atoms with Crippen LogP contribution in [0.4, 0.5) is 4.79 Å². The summed E-state index contributed by atoms with van der Waals surface area (Å²) in [5.74, 6) is 0.125. The third-order valence-corrected chi connectivity index (χ3v) is 3.59. The van der Waals surface area contributed by atoms with Gasteiger partial charge in [-0.25, -0.2) is 4.79 Å². The number of benzene rings is 1. The van der Waals surface area contributed by atoms with Gasteiger partial charge in [-0.1, -0.05) is 26.0 Å². The van der Waals surface area contributed by atoms with Crippen LogP contribution in [0.2, 0.25) is 0 Å². The molecule has 5 nitrogen and oxygen atoms in total. The number of nitriles is 1. The van der Waals surface area contributed by atoms with E-state index in [2.05, 4.69) is 5.32 Å². The van der Waals surface area contributed by atoms with Crippen LogP contribution in [0.5, 0.6) is 0 Å². The molecule has 1 saturated heterocycles. The Labute approximate surface area is 124 Å². The van der Waals surface area contributed by atoms with Crippen LogP contribution in [0.3, 0.4) is 0 Å². The minimum atomic E-state index is -0.822. The van der Waals surface area contributed by atoms with E-state index in [9.17, 15) is 9.59 Å². The highest BCUT2D eigenvalue weighted by Crippen LogP contribution is 2.26. The number of carbonyl (C=O) groups is 2. The number of imide groups is 1. The van der Waals surface area contributed by atoms with Crippen LogP contribution < -0.4 is 5.32 Å². The van der Waals surface area contributed by atoms with Gasteiger partial charge in [0.15, 0.2) is 0 Å². The molecule has 0 saturated carbocycles. The fraction of sp³-hybridized carbons (Fsp3) is 0.438. The van der Waals surface area contributed by atoms with Crippen LogP contribution in [-0.4, -0.2) is 22.4 Å². The highest BCUT2D eigenvalue weighted by Gasteiger charge is 2.47. The van der Waals surface area contributed by atoms with E-state index in [4.69, 9.17) is 5.26 Å². The summed E-state index contributed by atoms with van der Waals surface area (Å²) in [6, 6.07) is 8.57. The van der Waals surface area contributed by atoms with E-state index in [1.165, 1.54) is 4.90 Å². The molecule has 1 unspecified atom stereocenters. The second-order valence-corrected chi connectivity index (χ2v) is 6.06. The maximum atomic E-state index is 12.5. The molecule has 5 heteroatoms. The number of hydrogen-bond donors (Lipinski definition) is 1. The molecule has 1 N–H and O–H groups in total. The number of rotatable bonds is 4. The van der Waals surface area contributed by atoms with Crippen molar-refractivity contribution in [3.8, 4) is 6.07 Å². The van der Waals surface area contributed by atoms with Gasteiger partial charge in [-0.3, -0.25) is 9.69 Å². The quantitative estimate of drug-likeness (QED) is 0.863. The van der Waals surface area contributed by atoms with E-state index in [1.54, 1.807) is 31.2 Å². The van der Waals surface area contributed by atoms with Crippen LogP contribution in [0.1, 0.15) is 38.3 Å². The first-order valence-corrected chi connectivity index (χ1v) is 6.99. The Morgan fingerprint density at radius 1 is 1.29 bits per heavy atom. The topological polar surface area (TPSA) is 73.2 Å². The fourth-order valence-electron chi connectivity index (χ4n) is 2.71. The van der Waals surface area contributed by atoms with E-state index in [-0.39, 0.29) is 18.5 Å². The average Bonchev–Trinajstić information content (AvgIpc) is 2.62. The molecule has 1 atom stereocenters. The molecule has 0 bridgehead atoms. The Hall–Kier alpha value is -2.35. The highest BCUT2D eigenvalue weighted by atomic mass is 16.2. The lowest BCUT2D eigenvalue weighted by molar-refractivity contribution is -0.131. The highest BCUT2D eigenvalue weighted by molar-refractivity contribution is 6.06. The maximum absolute atomic E-state index is 12.5. The third kappa shape index (κ3) is 3.05. The molecule has 0 spiro atoms. The second-order valence-electron chi connectivity index (χ2n) is 6.06. The van der Waals surface area contributed by atoms with Crippen LogP contribution in [0.15, 0.2) is 24.3 Å². The summed E-state index contributed by atoms with van der Waals surface area (Å²) in [5.41, 5.74) is 0.560. The lowest BCUT2D eigenvalue weighted by Gasteiger charge is -2.23. The number of carbonyl (C=O) groups excluding carboxylic acids is 2. The van der Waals surface area contributed by atoms with Gasteiger partial charge in [0.2, 0.25) is 0 Å². The Balaban J connectivity index is 2.15. The van der Waals surface area contributed by atoms with Crippen LogP contribution in [-0.2, 0) is 11.3 Å². The summed E-state index contributed by atoms with van der Waals surface area (Å²) in [4.78, 5) is 25.8. The summed E-state index contributed by atoms with van der Waals surface area (Å²) in [6.07, 6.45) is 0.613. The van der Waals surface area contributed by atoms with E-state index >= 15 is 0 Å². The molecule has 2 rings (SSSR count). The lowest BCUT2D eigenvalue weighted by atomic mass is 9.91. The number of nitrogens with one attached hydrogen (secondary N) is 1. The molecule has 0 radical (unpaired) electrons. The molecule has 0 aromatic heterocycles. The van der Waals surface area contributed by atoms with Gasteiger partial charge in [0.25, 0.3) is 5.91 Å². The van der Waals surface area contributed by atoms with Gasteiger partial charge in [-0.2, -0.15) is 5.26 Å².